The molecule has 0 fully saturated rings. The molecule has 1 N–H and O–H groups in total. The van der Waals surface area contributed by atoms with E-state index in [1.807, 2.05) is 75.4 Å². The first-order valence-corrected chi connectivity index (χ1v) is 10.9. The van der Waals surface area contributed by atoms with Gasteiger partial charge in [0.1, 0.15) is 23.9 Å². The Morgan fingerprint density at radius 1 is 1.12 bits per heavy atom. The number of amides is 1. The van der Waals surface area contributed by atoms with Gasteiger partial charge in [-0.05, 0) is 56.7 Å². The van der Waals surface area contributed by atoms with E-state index in [-0.39, 0.29) is 12.3 Å². The van der Waals surface area contributed by atoms with E-state index in [0.717, 1.165) is 44.2 Å². The van der Waals surface area contributed by atoms with Gasteiger partial charge in [0, 0.05) is 10.5 Å². The molecule has 0 atom stereocenters. The second kappa shape index (κ2) is 9.40. The lowest BCUT2D eigenvalue weighted by Gasteiger charge is -2.10. The molecule has 2 heterocycles. The van der Waals surface area contributed by atoms with E-state index in [1.54, 1.807) is 4.68 Å². The van der Waals surface area contributed by atoms with Crippen LogP contribution in [0.3, 0.4) is 0 Å². The van der Waals surface area contributed by atoms with Crippen LogP contribution in [0.25, 0.3) is 5.69 Å². The quantitative estimate of drug-likeness (QED) is 0.376. The summed E-state index contributed by atoms with van der Waals surface area (Å²) in [4.78, 5) is 12.7. The number of aromatic nitrogens is 3. The highest BCUT2D eigenvalue weighted by molar-refractivity contribution is 9.10. The smallest absolute Gasteiger partial charge is 0.229 e. The number of nitrogens with zero attached hydrogens (tertiary/aromatic N) is 3. The topological polar surface area (TPSA) is 82.2 Å². The lowest BCUT2D eigenvalue weighted by molar-refractivity contribution is -0.115. The normalized spacial score (nSPS) is 10.9. The molecule has 4 aromatic rings. The molecular weight excluding hydrogens is 472 g/mol. The maximum absolute atomic E-state index is 12.7. The molecule has 32 heavy (non-hydrogen) atoms. The van der Waals surface area contributed by atoms with E-state index in [1.165, 1.54) is 0 Å². The summed E-state index contributed by atoms with van der Waals surface area (Å²) in [5.41, 5.74) is 4.35. The Morgan fingerprint density at radius 3 is 2.59 bits per heavy atom. The van der Waals surface area contributed by atoms with Crippen molar-refractivity contribution in [3.63, 3.8) is 0 Å². The van der Waals surface area contributed by atoms with Gasteiger partial charge in [-0.3, -0.25) is 4.79 Å². The number of anilines is 1. The van der Waals surface area contributed by atoms with Crippen LogP contribution in [0.5, 0.6) is 5.75 Å². The maximum atomic E-state index is 12.7. The molecule has 7 nitrogen and oxygen atoms in total. The summed E-state index contributed by atoms with van der Waals surface area (Å²) in [7, 11) is 0. The fourth-order valence-corrected chi connectivity index (χ4v) is 3.72. The zero-order chi connectivity index (χ0) is 22.7. The van der Waals surface area contributed by atoms with Gasteiger partial charge in [-0.25, -0.2) is 4.68 Å². The van der Waals surface area contributed by atoms with E-state index in [2.05, 4.69) is 31.5 Å². The van der Waals surface area contributed by atoms with Crippen molar-refractivity contribution >= 4 is 27.7 Å². The highest BCUT2D eigenvalue weighted by atomic mass is 79.9. The third-order valence-electron chi connectivity index (χ3n) is 5.00. The molecule has 1 amide bonds. The van der Waals surface area contributed by atoms with Crippen LogP contribution in [-0.4, -0.2) is 20.8 Å². The standard InChI is InChI=1S/C24H23BrN4O3/c1-15-11-23(29(27-15)20-6-4-5-19(25)13-20)26-24(30)12-18-7-9-21(10-8-18)31-14-22-16(2)28-32-17(22)3/h4-11,13H,12,14H2,1-3H3,(H,26,30). The third kappa shape index (κ3) is 5.08. The van der Waals surface area contributed by atoms with Gasteiger partial charge in [0.25, 0.3) is 0 Å². The molecule has 0 spiro atoms. The molecule has 0 aliphatic carbocycles. The number of aryl methyl sites for hydroxylation is 3. The monoisotopic (exact) mass is 494 g/mol. The zero-order valence-electron chi connectivity index (χ0n) is 18.1. The minimum absolute atomic E-state index is 0.120. The Morgan fingerprint density at radius 2 is 1.91 bits per heavy atom. The van der Waals surface area contributed by atoms with Crippen LogP contribution in [0.4, 0.5) is 5.82 Å². The van der Waals surface area contributed by atoms with Crippen LogP contribution in [0.15, 0.2) is 63.6 Å². The van der Waals surface area contributed by atoms with Gasteiger partial charge in [-0.15, -0.1) is 0 Å². The minimum Gasteiger partial charge on any atom is -0.489 e. The van der Waals surface area contributed by atoms with Gasteiger partial charge in [0.2, 0.25) is 5.91 Å². The van der Waals surface area contributed by atoms with Crippen LogP contribution in [0, 0.1) is 20.8 Å². The van der Waals surface area contributed by atoms with Crippen molar-refractivity contribution in [2.75, 3.05) is 5.32 Å². The number of carbonyl (C=O) groups is 1. The van der Waals surface area contributed by atoms with Gasteiger partial charge in [-0.1, -0.05) is 39.3 Å². The van der Waals surface area contributed by atoms with Gasteiger partial charge >= 0.3 is 0 Å². The Labute approximate surface area is 194 Å². The Bertz CT molecular complexity index is 1230. The molecule has 0 aliphatic rings. The minimum atomic E-state index is -0.120. The predicted molar refractivity (Wildman–Crippen MR) is 125 cm³/mol. The van der Waals surface area contributed by atoms with Crippen LogP contribution >= 0.6 is 15.9 Å². The lowest BCUT2D eigenvalue weighted by Crippen LogP contribution is -2.17. The second-order valence-corrected chi connectivity index (χ2v) is 8.44. The first-order valence-electron chi connectivity index (χ1n) is 10.1. The van der Waals surface area contributed by atoms with Gasteiger partial charge in [0.15, 0.2) is 0 Å². The summed E-state index contributed by atoms with van der Waals surface area (Å²) in [5.74, 6) is 1.99. The van der Waals surface area contributed by atoms with Crippen molar-refractivity contribution in [3.8, 4) is 11.4 Å². The molecule has 0 radical (unpaired) electrons. The summed E-state index contributed by atoms with van der Waals surface area (Å²) in [5, 5.41) is 11.4. The highest BCUT2D eigenvalue weighted by Crippen LogP contribution is 2.21. The van der Waals surface area contributed by atoms with Crippen LogP contribution < -0.4 is 10.1 Å². The van der Waals surface area contributed by atoms with E-state index < -0.39 is 0 Å². The summed E-state index contributed by atoms with van der Waals surface area (Å²) in [6, 6.07) is 17.1. The van der Waals surface area contributed by atoms with E-state index in [9.17, 15) is 4.79 Å². The number of halogens is 1. The number of nitrogens with one attached hydrogen (secondary N) is 1. The summed E-state index contributed by atoms with van der Waals surface area (Å²) in [6.07, 6.45) is 0.243. The molecular formula is C24H23BrN4O3. The predicted octanol–water partition coefficient (Wildman–Crippen LogP) is 5.31. The van der Waals surface area contributed by atoms with Gasteiger partial charge in [-0.2, -0.15) is 5.10 Å². The Hall–Kier alpha value is -3.39. The Kier molecular flexibility index (Phi) is 6.41. The number of hydrogen-bond donors (Lipinski definition) is 1. The molecule has 0 saturated heterocycles. The molecule has 0 saturated carbocycles. The van der Waals surface area contributed by atoms with Gasteiger partial charge < -0.3 is 14.6 Å². The van der Waals surface area contributed by atoms with E-state index >= 15 is 0 Å². The number of benzene rings is 2. The second-order valence-electron chi connectivity index (χ2n) is 7.52. The molecule has 2 aromatic heterocycles. The number of hydrogen-bond acceptors (Lipinski definition) is 5. The largest absolute Gasteiger partial charge is 0.489 e. The van der Waals surface area contributed by atoms with Crippen molar-refractivity contribution in [2.45, 2.75) is 33.8 Å². The summed E-state index contributed by atoms with van der Waals surface area (Å²) >= 11 is 3.47. The molecule has 0 aliphatic heterocycles. The fraction of sp³-hybridized carbons (Fsp3) is 0.208. The SMILES string of the molecule is Cc1cc(NC(=O)Cc2ccc(OCc3c(C)noc3C)cc2)n(-c2cccc(Br)c2)n1. The maximum Gasteiger partial charge on any atom is 0.229 e. The molecule has 0 bridgehead atoms. The highest BCUT2D eigenvalue weighted by Gasteiger charge is 2.13. The van der Waals surface area contributed by atoms with Crippen molar-refractivity contribution in [2.24, 2.45) is 0 Å². The van der Waals surface area contributed by atoms with Crippen LogP contribution in [0.2, 0.25) is 0 Å². The van der Waals surface area contributed by atoms with Gasteiger partial charge in [0.05, 0.1) is 29.1 Å². The summed E-state index contributed by atoms with van der Waals surface area (Å²) < 4.78 is 13.7. The van der Waals surface area contributed by atoms with E-state index in [4.69, 9.17) is 9.26 Å². The fourth-order valence-electron chi connectivity index (χ4n) is 3.33. The first-order chi connectivity index (χ1) is 15.4. The molecule has 0 unspecified atom stereocenters. The number of ether oxygens (including phenoxy) is 1. The van der Waals surface area contributed by atoms with Crippen molar-refractivity contribution in [3.05, 3.63) is 87.3 Å². The Balaban J connectivity index is 1.39. The van der Waals surface area contributed by atoms with Crippen molar-refractivity contribution in [1.82, 2.24) is 14.9 Å². The number of rotatable bonds is 7. The molecule has 2 aromatic carbocycles. The first kappa shape index (κ1) is 21.8. The van der Waals surface area contributed by atoms with E-state index in [0.29, 0.717) is 12.4 Å². The molecule has 164 valence electrons. The summed E-state index contributed by atoms with van der Waals surface area (Å²) in [6.45, 7) is 6.04. The van der Waals surface area contributed by atoms with Crippen molar-refractivity contribution in [1.29, 1.82) is 0 Å². The average Bonchev–Trinajstić information content (AvgIpc) is 3.28. The molecule has 4 rings (SSSR count). The molecule has 8 heteroatoms. The average molecular weight is 495 g/mol. The van der Waals surface area contributed by atoms with Crippen molar-refractivity contribution < 1.29 is 14.1 Å². The zero-order valence-corrected chi connectivity index (χ0v) is 19.6. The van der Waals surface area contributed by atoms with Crippen LogP contribution in [-0.2, 0) is 17.8 Å². The lowest BCUT2D eigenvalue weighted by atomic mass is 10.1. The third-order valence-corrected chi connectivity index (χ3v) is 5.50. The van der Waals surface area contributed by atoms with Crippen LogP contribution in [0.1, 0.15) is 28.3 Å². The number of carbonyl (C=O) groups excluding carboxylic acids is 1.